The summed E-state index contributed by atoms with van der Waals surface area (Å²) < 4.78 is 6.35. The molecule has 6 heteroatoms. The van der Waals surface area contributed by atoms with Crippen molar-refractivity contribution in [3.63, 3.8) is 0 Å². The molecule has 23 heavy (non-hydrogen) atoms. The Balaban J connectivity index is 1.76. The van der Waals surface area contributed by atoms with Crippen molar-refractivity contribution in [2.45, 2.75) is 13.0 Å². The molecule has 0 bridgehead atoms. The van der Waals surface area contributed by atoms with Gasteiger partial charge in [-0.2, -0.15) is 0 Å². The summed E-state index contributed by atoms with van der Waals surface area (Å²) >= 11 is 8.49. The molecule has 2 aromatic rings. The molecule has 1 atom stereocenters. The standard InChI is InChI=1S/C17H17BrN2O2S/c1-12(13-5-3-2-4-6-13)19-17(23)20-16(21)11-22-15-9-7-14(18)8-10-15/h2-10,12H,11H2,1H3,(H2,19,20,21,23). The molecule has 0 saturated heterocycles. The zero-order valence-electron chi connectivity index (χ0n) is 12.6. The van der Waals surface area contributed by atoms with E-state index in [0.29, 0.717) is 5.75 Å². The highest BCUT2D eigenvalue weighted by atomic mass is 79.9. The normalized spacial score (nSPS) is 11.4. The van der Waals surface area contributed by atoms with Gasteiger partial charge in [0, 0.05) is 4.47 Å². The van der Waals surface area contributed by atoms with Crippen molar-refractivity contribution in [2.75, 3.05) is 6.61 Å². The van der Waals surface area contributed by atoms with E-state index in [0.717, 1.165) is 10.0 Å². The number of carbonyl (C=O) groups excluding carboxylic acids is 1. The number of hydrogen-bond acceptors (Lipinski definition) is 3. The summed E-state index contributed by atoms with van der Waals surface area (Å²) in [6.07, 6.45) is 0. The molecule has 2 rings (SSSR count). The highest BCUT2D eigenvalue weighted by Gasteiger charge is 2.09. The molecule has 2 aromatic carbocycles. The Labute approximate surface area is 149 Å². The maximum absolute atomic E-state index is 11.8. The van der Waals surface area contributed by atoms with Crippen LogP contribution >= 0.6 is 28.1 Å². The molecule has 0 aliphatic carbocycles. The minimum absolute atomic E-state index is 0.0105. The van der Waals surface area contributed by atoms with Gasteiger partial charge in [-0.3, -0.25) is 4.79 Å². The maximum atomic E-state index is 11.8. The largest absolute Gasteiger partial charge is 0.484 e. The minimum Gasteiger partial charge on any atom is -0.484 e. The van der Waals surface area contributed by atoms with E-state index in [2.05, 4.69) is 26.6 Å². The molecule has 2 N–H and O–H groups in total. The Kier molecular flexibility index (Phi) is 6.55. The quantitative estimate of drug-likeness (QED) is 0.763. The Bertz CT molecular complexity index is 662. The molecule has 120 valence electrons. The van der Waals surface area contributed by atoms with Crippen LogP contribution in [0.15, 0.2) is 59.1 Å². The highest BCUT2D eigenvalue weighted by molar-refractivity contribution is 9.10. The molecular weight excluding hydrogens is 376 g/mol. The van der Waals surface area contributed by atoms with Gasteiger partial charge in [0.2, 0.25) is 0 Å². The first-order valence-corrected chi connectivity index (χ1v) is 8.28. The molecule has 0 fully saturated rings. The van der Waals surface area contributed by atoms with E-state index in [9.17, 15) is 4.79 Å². The van der Waals surface area contributed by atoms with Crippen molar-refractivity contribution in [1.82, 2.24) is 10.6 Å². The van der Waals surface area contributed by atoms with Crippen molar-refractivity contribution >= 4 is 39.2 Å². The molecule has 4 nitrogen and oxygen atoms in total. The zero-order chi connectivity index (χ0) is 16.7. The summed E-state index contributed by atoms with van der Waals surface area (Å²) in [5.74, 6) is 0.325. The monoisotopic (exact) mass is 392 g/mol. The number of amides is 1. The lowest BCUT2D eigenvalue weighted by atomic mass is 10.1. The van der Waals surface area contributed by atoms with Crippen molar-refractivity contribution in [3.05, 3.63) is 64.6 Å². The third-order valence-electron chi connectivity index (χ3n) is 3.08. The lowest BCUT2D eigenvalue weighted by Gasteiger charge is -2.16. The average Bonchev–Trinajstić information content (AvgIpc) is 2.55. The van der Waals surface area contributed by atoms with Gasteiger partial charge in [0.1, 0.15) is 5.75 Å². The average molecular weight is 393 g/mol. The fraction of sp³-hybridized carbons (Fsp3) is 0.176. The molecule has 1 amide bonds. The van der Waals surface area contributed by atoms with Gasteiger partial charge in [-0.05, 0) is 49.0 Å². The van der Waals surface area contributed by atoms with Crippen LogP contribution in [0.25, 0.3) is 0 Å². The van der Waals surface area contributed by atoms with Crippen LogP contribution in [0.4, 0.5) is 0 Å². The van der Waals surface area contributed by atoms with Gasteiger partial charge in [-0.1, -0.05) is 46.3 Å². The first-order chi connectivity index (χ1) is 11.0. The van der Waals surface area contributed by atoms with Crippen molar-refractivity contribution < 1.29 is 9.53 Å². The summed E-state index contributed by atoms with van der Waals surface area (Å²) in [6.45, 7) is 1.88. The fourth-order valence-corrected chi connectivity index (χ4v) is 2.46. The first-order valence-electron chi connectivity index (χ1n) is 7.08. The van der Waals surface area contributed by atoms with Gasteiger partial charge >= 0.3 is 0 Å². The number of benzene rings is 2. The Morgan fingerprint density at radius 3 is 2.48 bits per heavy atom. The molecule has 0 heterocycles. The van der Waals surface area contributed by atoms with Gasteiger partial charge in [-0.25, -0.2) is 0 Å². The third-order valence-corrected chi connectivity index (χ3v) is 3.83. The van der Waals surface area contributed by atoms with Crippen LogP contribution < -0.4 is 15.4 Å². The van der Waals surface area contributed by atoms with Crippen LogP contribution in [0.1, 0.15) is 18.5 Å². The molecule has 0 saturated carbocycles. The summed E-state index contributed by atoms with van der Waals surface area (Å²) in [5.41, 5.74) is 1.09. The SMILES string of the molecule is CC(NC(=S)NC(=O)COc1ccc(Br)cc1)c1ccccc1. The molecule has 0 aliphatic rings. The smallest absolute Gasteiger partial charge is 0.264 e. The van der Waals surface area contributed by atoms with Gasteiger partial charge in [0.25, 0.3) is 5.91 Å². The Morgan fingerprint density at radius 1 is 1.17 bits per heavy atom. The van der Waals surface area contributed by atoms with Crippen molar-refractivity contribution in [2.24, 2.45) is 0 Å². The van der Waals surface area contributed by atoms with Crippen LogP contribution in [0, 0.1) is 0 Å². The van der Waals surface area contributed by atoms with E-state index in [4.69, 9.17) is 17.0 Å². The van der Waals surface area contributed by atoms with E-state index >= 15 is 0 Å². The van der Waals surface area contributed by atoms with Crippen LogP contribution in [0.3, 0.4) is 0 Å². The molecule has 0 spiro atoms. The second kappa shape index (κ2) is 8.64. The second-order valence-electron chi connectivity index (χ2n) is 4.90. The lowest BCUT2D eigenvalue weighted by molar-refractivity contribution is -0.121. The van der Waals surface area contributed by atoms with Crippen LogP contribution in [0.2, 0.25) is 0 Å². The number of nitrogens with one attached hydrogen (secondary N) is 2. The number of hydrogen-bond donors (Lipinski definition) is 2. The van der Waals surface area contributed by atoms with E-state index in [1.54, 1.807) is 12.1 Å². The predicted molar refractivity (Wildman–Crippen MR) is 98.4 cm³/mol. The summed E-state index contributed by atoms with van der Waals surface area (Å²) in [4.78, 5) is 11.8. The predicted octanol–water partition coefficient (Wildman–Crippen LogP) is 3.58. The number of ether oxygens (including phenoxy) is 1. The molecule has 0 radical (unpaired) electrons. The molecule has 0 aromatic heterocycles. The van der Waals surface area contributed by atoms with Crippen LogP contribution in [-0.2, 0) is 4.79 Å². The Morgan fingerprint density at radius 2 is 1.83 bits per heavy atom. The first kappa shape index (κ1) is 17.4. The highest BCUT2D eigenvalue weighted by Crippen LogP contribution is 2.15. The van der Waals surface area contributed by atoms with Crippen molar-refractivity contribution in [3.8, 4) is 5.75 Å². The summed E-state index contributed by atoms with van der Waals surface area (Å²) in [6, 6.07) is 17.1. The lowest BCUT2D eigenvalue weighted by Crippen LogP contribution is -2.42. The Hall–Kier alpha value is -1.92. The second-order valence-corrected chi connectivity index (χ2v) is 6.22. The van der Waals surface area contributed by atoms with E-state index in [-0.39, 0.29) is 23.7 Å². The summed E-state index contributed by atoms with van der Waals surface area (Å²) in [7, 11) is 0. The number of halogens is 1. The van der Waals surface area contributed by atoms with Crippen molar-refractivity contribution in [1.29, 1.82) is 0 Å². The zero-order valence-corrected chi connectivity index (χ0v) is 15.0. The minimum atomic E-state index is -0.300. The van der Waals surface area contributed by atoms with E-state index < -0.39 is 0 Å². The van der Waals surface area contributed by atoms with Gasteiger partial charge in [0.05, 0.1) is 6.04 Å². The fourth-order valence-electron chi connectivity index (χ4n) is 1.90. The van der Waals surface area contributed by atoms with E-state index in [1.165, 1.54) is 0 Å². The molecule has 0 aliphatic heterocycles. The number of carbonyl (C=O) groups is 1. The van der Waals surface area contributed by atoms with Crippen LogP contribution in [-0.4, -0.2) is 17.6 Å². The van der Waals surface area contributed by atoms with Gasteiger partial charge in [-0.15, -0.1) is 0 Å². The van der Waals surface area contributed by atoms with Gasteiger partial charge < -0.3 is 15.4 Å². The number of rotatable bonds is 5. The van der Waals surface area contributed by atoms with E-state index in [1.807, 2.05) is 49.4 Å². The summed E-state index contributed by atoms with van der Waals surface area (Å²) in [5, 5.41) is 5.96. The molecular formula is C17H17BrN2O2S. The molecule has 1 unspecified atom stereocenters. The third kappa shape index (κ3) is 6.00. The van der Waals surface area contributed by atoms with Gasteiger partial charge in [0.15, 0.2) is 11.7 Å². The topological polar surface area (TPSA) is 50.4 Å². The van der Waals surface area contributed by atoms with Crippen LogP contribution in [0.5, 0.6) is 5.75 Å². The number of thiocarbonyl (C=S) groups is 1. The maximum Gasteiger partial charge on any atom is 0.264 e.